The van der Waals surface area contributed by atoms with Gasteiger partial charge in [0, 0.05) is 5.69 Å². The lowest BCUT2D eigenvalue weighted by molar-refractivity contribution is -0.246. The minimum Gasteiger partial charge on any atom is -0.603 e. The van der Waals surface area contributed by atoms with Crippen molar-refractivity contribution < 1.29 is 18.3 Å². The van der Waals surface area contributed by atoms with Gasteiger partial charge in [-0.25, -0.2) is 0 Å². The second kappa shape index (κ2) is 4.18. The summed E-state index contributed by atoms with van der Waals surface area (Å²) in [5.74, 6) is 0. The first kappa shape index (κ1) is 11.3. The second-order valence-electron chi connectivity index (χ2n) is 2.61. The number of nitrogens with two attached hydrogens (primary N) is 1. The van der Waals surface area contributed by atoms with Crippen LogP contribution in [0.15, 0.2) is 33.6 Å². The molecule has 0 amide bonds. The highest BCUT2D eigenvalue weighted by Gasteiger charge is 2.11. The van der Waals surface area contributed by atoms with Gasteiger partial charge < -0.3 is 15.6 Å². The van der Waals surface area contributed by atoms with Gasteiger partial charge in [-0.05, 0) is 31.4 Å². The van der Waals surface area contributed by atoms with Crippen LogP contribution >= 0.6 is 0 Å². The van der Waals surface area contributed by atoms with E-state index in [2.05, 4.69) is 9.13 Å². The highest BCUT2D eigenvalue weighted by Crippen LogP contribution is 2.13. The van der Waals surface area contributed by atoms with Crippen LogP contribution in [-0.2, 0) is 14.8 Å². The third-order valence-electron chi connectivity index (χ3n) is 1.55. The fourth-order valence-electron chi connectivity index (χ4n) is 0.828. The molecule has 2 N–H and O–H groups in total. The van der Waals surface area contributed by atoms with Crippen molar-refractivity contribution in [2.45, 2.75) is 4.90 Å². The van der Waals surface area contributed by atoms with E-state index in [0.717, 1.165) is 7.11 Å². The van der Waals surface area contributed by atoms with E-state index < -0.39 is 16.1 Å². The van der Waals surface area contributed by atoms with Gasteiger partial charge in [0.15, 0.2) is 6.08 Å². The summed E-state index contributed by atoms with van der Waals surface area (Å²) >= 11 is 0. The van der Waals surface area contributed by atoms with Gasteiger partial charge in [-0.1, -0.05) is 0 Å². The van der Waals surface area contributed by atoms with Crippen LogP contribution in [-0.4, -0.2) is 21.6 Å². The Balaban J connectivity index is 3.13. The number of hydrogen-bond acceptors (Lipinski definition) is 5. The van der Waals surface area contributed by atoms with Gasteiger partial charge in [0.05, 0.1) is 4.90 Å². The molecule has 7 heteroatoms. The third-order valence-corrected chi connectivity index (χ3v) is 2.80. The Morgan fingerprint density at radius 3 is 2.40 bits per heavy atom. The predicted molar refractivity (Wildman–Crippen MR) is 52.5 cm³/mol. The minimum atomic E-state index is -3.99. The molecule has 0 saturated heterocycles. The van der Waals surface area contributed by atoms with Crippen LogP contribution < -0.4 is 10.8 Å². The van der Waals surface area contributed by atoms with Crippen LogP contribution in [0.4, 0.5) is 5.69 Å². The molecule has 0 radical (unpaired) electrons. The number of sulfonamides is 1. The molecule has 0 aliphatic heterocycles. The molecule has 0 aliphatic carbocycles. The van der Waals surface area contributed by atoms with Gasteiger partial charge in [-0.3, -0.25) is 0 Å². The smallest absolute Gasteiger partial charge is 0.284 e. The average Bonchev–Trinajstić information content (AvgIpc) is 2.17. The molecule has 0 aliphatic rings. The minimum absolute atomic E-state index is 0.109. The summed E-state index contributed by atoms with van der Waals surface area (Å²) in [6, 6.07) is 5.33. The first-order valence-electron chi connectivity index (χ1n) is 3.87. The Kier molecular flexibility index (Phi) is 3.15. The summed E-state index contributed by atoms with van der Waals surface area (Å²) in [4.78, 5) is -0.109. The maximum Gasteiger partial charge on any atom is 0.284 e. The summed E-state index contributed by atoms with van der Waals surface area (Å²) in [6.07, 6.45) is -1.16. The van der Waals surface area contributed by atoms with Crippen molar-refractivity contribution in [2.75, 3.05) is 12.8 Å². The molecule has 1 aromatic carbocycles. The summed E-state index contributed by atoms with van der Waals surface area (Å²) < 4.78 is 29.8. The topological polar surface area (TPSA) is 105 Å². The van der Waals surface area contributed by atoms with Crippen LogP contribution in [0.3, 0.4) is 0 Å². The lowest BCUT2D eigenvalue weighted by Gasteiger charge is -2.06. The molecule has 0 unspecified atom stereocenters. The summed E-state index contributed by atoms with van der Waals surface area (Å²) in [5.41, 5.74) is 5.80. The Hall–Kier alpha value is -1.76. The van der Waals surface area contributed by atoms with Crippen LogP contribution in [0.2, 0.25) is 0 Å². The number of benzene rings is 1. The number of hydrogen-bond donors (Lipinski definition) is 1. The van der Waals surface area contributed by atoms with E-state index >= 15 is 0 Å². The zero-order valence-corrected chi connectivity index (χ0v) is 8.69. The first-order valence-corrected chi connectivity index (χ1v) is 5.31. The largest absolute Gasteiger partial charge is 0.603 e. The Morgan fingerprint density at radius 2 is 1.93 bits per heavy atom. The Labute approximate surface area is 87.1 Å². The first-order chi connectivity index (χ1) is 6.95. The highest BCUT2D eigenvalue weighted by atomic mass is 32.2. The van der Waals surface area contributed by atoms with Crippen LogP contribution in [0.25, 0.3) is 0 Å². The molecule has 0 heterocycles. The van der Waals surface area contributed by atoms with Crippen molar-refractivity contribution in [3.63, 3.8) is 0 Å². The van der Waals surface area contributed by atoms with Gasteiger partial charge in [0.2, 0.25) is 0 Å². The van der Waals surface area contributed by atoms with Crippen molar-refractivity contribution in [1.29, 1.82) is 0 Å². The zero-order valence-electron chi connectivity index (χ0n) is 7.88. The SMILES string of the molecule is CO/C([O-])=N/S(=O)(=O)c1ccc(N)cc1. The van der Waals surface area contributed by atoms with Crippen molar-refractivity contribution in [2.24, 2.45) is 4.40 Å². The normalized spacial score (nSPS) is 12.5. The number of methoxy groups -OCH3 is 1. The van der Waals surface area contributed by atoms with Gasteiger partial charge in [-0.2, -0.15) is 8.42 Å². The molecule has 15 heavy (non-hydrogen) atoms. The van der Waals surface area contributed by atoms with Crippen molar-refractivity contribution in [1.82, 2.24) is 0 Å². The Morgan fingerprint density at radius 1 is 1.40 bits per heavy atom. The molecule has 0 bridgehead atoms. The van der Waals surface area contributed by atoms with Gasteiger partial charge in [0.1, 0.15) is 0 Å². The lowest BCUT2D eigenvalue weighted by atomic mass is 10.3. The monoisotopic (exact) mass is 229 g/mol. The summed E-state index contributed by atoms with van der Waals surface area (Å²) in [5, 5.41) is 10.7. The highest BCUT2D eigenvalue weighted by molar-refractivity contribution is 7.90. The number of rotatable bonds is 2. The molecular weight excluding hydrogens is 220 g/mol. The van der Waals surface area contributed by atoms with Crippen molar-refractivity contribution in [3.05, 3.63) is 24.3 Å². The average molecular weight is 229 g/mol. The third kappa shape index (κ3) is 2.84. The molecule has 0 spiro atoms. The van der Waals surface area contributed by atoms with Crippen LogP contribution in [0.5, 0.6) is 0 Å². The van der Waals surface area contributed by atoms with Crippen LogP contribution in [0.1, 0.15) is 0 Å². The van der Waals surface area contributed by atoms with Crippen LogP contribution in [0, 0.1) is 0 Å². The quantitative estimate of drug-likeness (QED) is 0.411. The maximum absolute atomic E-state index is 11.4. The van der Waals surface area contributed by atoms with Crippen molar-refractivity contribution in [3.8, 4) is 0 Å². The molecule has 1 aromatic rings. The van der Waals surface area contributed by atoms with E-state index in [9.17, 15) is 13.5 Å². The van der Waals surface area contributed by atoms with E-state index in [1.807, 2.05) is 0 Å². The predicted octanol–water partition coefficient (Wildman–Crippen LogP) is -0.680. The van der Waals surface area contributed by atoms with E-state index in [1.165, 1.54) is 24.3 Å². The number of nitrogen functional groups attached to an aromatic ring is 1. The summed E-state index contributed by atoms with van der Waals surface area (Å²) in [6.45, 7) is 0. The fraction of sp³-hybridized carbons (Fsp3) is 0.125. The Bertz CT molecular complexity index is 464. The molecular formula is C8H9N2O4S-. The van der Waals surface area contributed by atoms with Gasteiger partial charge >= 0.3 is 0 Å². The lowest BCUT2D eigenvalue weighted by Crippen LogP contribution is -2.21. The van der Waals surface area contributed by atoms with Crippen molar-refractivity contribution >= 4 is 21.8 Å². The number of anilines is 1. The van der Waals surface area contributed by atoms with E-state index in [-0.39, 0.29) is 4.90 Å². The molecule has 6 nitrogen and oxygen atoms in total. The molecule has 0 saturated carbocycles. The summed E-state index contributed by atoms with van der Waals surface area (Å²) in [7, 11) is -2.95. The molecule has 0 fully saturated rings. The molecule has 0 atom stereocenters. The zero-order chi connectivity index (χ0) is 11.5. The maximum atomic E-state index is 11.4. The molecule has 1 rings (SSSR count). The number of ether oxygens (including phenoxy) is 1. The fourth-order valence-corrected chi connectivity index (χ4v) is 1.68. The second-order valence-corrected chi connectivity index (χ2v) is 4.21. The molecule has 82 valence electrons. The van der Waals surface area contributed by atoms with Gasteiger partial charge in [0.25, 0.3) is 10.0 Å². The molecule has 0 aromatic heterocycles. The van der Waals surface area contributed by atoms with E-state index in [4.69, 9.17) is 5.73 Å². The standard InChI is InChI=1S/C8H10N2O4S/c1-14-8(11)10-15(12,13)7-4-2-6(9)3-5-7/h2-5H,9H2,1H3,(H,10,11)/p-1. The van der Waals surface area contributed by atoms with E-state index in [1.54, 1.807) is 0 Å². The number of nitrogens with zero attached hydrogens (tertiary/aromatic N) is 1. The van der Waals surface area contributed by atoms with E-state index in [0.29, 0.717) is 5.69 Å². The van der Waals surface area contributed by atoms with Gasteiger partial charge in [-0.15, -0.1) is 4.40 Å².